The van der Waals surface area contributed by atoms with Crippen LogP contribution in [0.4, 0.5) is 0 Å². The number of hydrogen-bond donors (Lipinski definition) is 1. The van der Waals surface area contributed by atoms with Crippen LogP contribution in [-0.4, -0.2) is 44.7 Å². The summed E-state index contributed by atoms with van der Waals surface area (Å²) in [7, 11) is -3.98. The van der Waals surface area contributed by atoms with Gasteiger partial charge in [-0.3, -0.25) is 9.59 Å². The number of amides is 1. The Morgan fingerprint density at radius 1 is 0.946 bits per heavy atom. The van der Waals surface area contributed by atoms with E-state index in [-0.39, 0.29) is 36.7 Å². The summed E-state index contributed by atoms with van der Waals surface area (Å²) in [5, 5.41) is 2.23. The first-order chi connectivity index (χ1) is 17.8. The summed E-state index contributed by atoms with van der Waals surface area (Å²) < 4.78 is 35.8. The van der Waals surface area contributed by atoms with E-state index in [0.717, 1.165) is 10.8 Å². The van der Waals surface area contributed by atoms with Crippen LogP contribution in [-0.2, 0) is 19.4 Å². The molecule has 0 unspecified atom stereocenters. The first-order valence-electron chi connectivity index (χ1n) is 12.7. The fourth-order valence-electron chi connectivity index (χ4n) is 4.96. The molecular formula is C29H31NO6S. The Bertz CT molecular complexity index is 1420. The second-order valence-corrected chi connectivity index (χ2v) is 12.2. The average Bonchev–Trinajstić information content (AvgIpc) is 3.76. The molecule has 5 rings (SSSR count). The second kappa shape index (κ2) is 10.3. The first kappa shape index (κ1) is 25.4. The molecule has 3 aromatic rings. The Balaban J connectivity index is 1.15. The van der Waals surface area contributed by atoms with Gasteiger partial charge in [0.05, 0.1) is 11.5 Å². The zero-order chi connectivity index (χ0) is 26.0. The molecule has 0 bridgehead atoms. The maximum Gasteiger partial charge on any atom is 0.239 e. The van der Waals surface area contributed by atoms with Crippen LogP contribution in [0.3, 0.4) is 0 Å². The molecule has 1 saturated heterocycles. The van der Waals surface area contributed by atoms with Crippen LogP contribution in [0.25, 0.3) is 10.8 Å². The summed E-state index contributed by atoms with van der Waals surface area (Å²) in [5.74, 6) is 0.399. The number of hydrogen-bond acceptors (Lipinski definition) is 6. The van der Waals surface area contributed by atoms with E-state index in [1.165, 1.54) is 30.5 Å². The number of rotatable bonds is 10. The molecule has 0 radical (unpaired) electrons. The molecule has 2 N–H and O–H groups in total. The highest BCUT2D eigenvalue weighted by Crippen LogP contribution is 2.41. The Hall–Kier alpha value is -3.23. The van der Waals surface area contributed by atoms with Crippen molar-refractivity contribution in [2.75, 3.05) is 19.8 Å². The van der Waals surface area contributed by atoms with Gasteiger partial charge in [-0.05, 0) is 84.7 Å². The van der Waals surface area contributed by atoms with Gasteiger partial charge < -0.3 is 15.2 Å². The molecule has 3 aromatic carbocycles. The van der Waals surface area contributed by atoms with Crippen LogP contribution in [0.5, 0.6) is 5.75 Å². The van der Waals surface area contributed by atoms with Crippen LogP contribution in [0.2, 0.25) is 0 Å². The molecule has 2 aliphatic rings. The van der Waals surface area contributed by atoms with E-state index in [0.29, 0.717) is 36.7 Å². The number of ether oxygens (including phenoxy) is 2. The van der Waals surface area contributed by atoms with Gasteiger partial charge in [-0.25, -0.2) is 8.42 Å². The van der Waals surface area contributed by atoms with Gasteiger partial charge in [0.1, 0.15) is 5.75 Å². The van der Waals surface area contributed by atoms with E-state index in [2.05, 4.69) is 18.2 Å². The normalized spacial score (nSPS) is 17.4. The van der Waals surface area contributed by atoms with Crippen LogP contribution in [0.15, 0.2) is 65.6 Å². The van der Waals surface area contributed by atoms with Crippen molar-refractivity contribution in [3.63, 3.8) is 0 Å². The molecule has 1 aliphatic carbocycles. The van der Waals surface area contributed by atoms with E-state index in [9.17, 15) is 18.0 Å². The third-order valence-electron chi connectivity index (χ3n) is 7.45. The van der Waals surface area contributed by atoms with E-state index in [1.807, 2.05) is 18.2 Å². The maximum absolute atomic E-state index is 13.2. The molecular weight excluding hydrogens is 490 g/mol. The van der Waals surface area contributed by atoms with Gasteiger partial charge in [0.15, 0.2) is 20.4 Å². The fraction of sp³-hybridized carbons (Fsp3) is 0.379. The number of sulfone groups is 1. The number of nitrogens with two attached hydrogens (primary N) is 1. The van der Waals surface area contributed by atoms with Crippen molar-refractivity contribution in [2.45, 2.75) is 54.1 Å². The zero-order valence-electron chi connectivity index (χ0n) is 20.6. The predicted molar refractivity (Wildman–Crippen MR) is 141 cm³/mol. The summed E-state index contributed by atoms with van der Waals surface area (Å²) >= 11 is 0. The van der Waals surface area contributed by atoms with E-state index in [1.54, 1.807) is 12.1 Å². The number of fused-ring (bicyclic) bond motifs is 1. The lowest BCUT2D eigenvalue weighted by Gasteiger charge is -2.33. The highest BCUT2D eigenvalue weighted by Gasteiger charge is 2.51. The van der Waals surface area contributed by atoms with Gasteiger partial charge in [0, 0.05) is 25.2 Å². The van der Waals surface area contributed by atoms with Gasteiger partial charge in [-0.15, -0.1) is 0 Å². The van der Waals surface area contributed by atoms with E-state index < -0.39 is 20.5 Å². The lowest BCUT2D eigenvalue weighted by Crippen LogP contribution is -2.53. The molecule has 1 amide bonds. The van der Waals surface area contributed by atoms with Crippen molar-refractivity contribution in [1.82, 2.24) is 0 Å². The quantitative estimate of drug-likeness (QED) is 0.309. The number of primary amides is 1. The zero-order valence-corrected chi connectivity index (χ0v) is 21.5. The van der Waals surface area contributed by atoms with Gasteiger partial charge in [-0.1, -0.05) is 30.3 Å². The molecule has 1 saturated carbocycles. The molecule has 0 spiro atoms. The fourth-order valence-corrected chi connectivity index (χ4v) is 6.88. The number of Topliss-reactive ketones (excluding diaryl/α,β-unsaturated/α-hetero) is 1. The molecule has 37 heavy (non-hydrogen) atoms. The third-order valence-corrected chi connectivity index (χ3v) is 9.98. The molecule has 2 fully saturated rings. The summed E-state index contributed by atoms with van der Waals surface area (Å²) in [4.78, 5) is 24.9. The minimum absolute atomic E-state index is 0.0243. The first-order valence-corrected chi connectivity index (χ1v) is 14.2. The third kappa shape index (κ3) is 5.13. The van der Waals surface area contributed by atoms with Crippen molar-refractivity contribution in [3.8, 4) is 5.75 Å². The Labute approximate surface area is 216 Å². The summed E-state index contributed by atoms with van der Waals surface area (Å²) in [6.45, 7) is 0.657. The lowest BCUT2D eigenvalue weighted by atomic mass is 9.98. The minimum Gasteiger partial charge on any atom is -0.494 e. The molecule has 1 heterocycles. The van der Waals surface area contributed by atoms with Crippen LogP contribution >= 0.6 is 0 Å². The molecule has 194 valence electrons. The smallest absolute Gasteiger partial charge is 0.239 e. The standard InChI is InChI=1S/C29H31NO6S/c30-28(32)29(13-16-35-17-14-29)37(33,34)26-11-9-25(10-12-26)36-15-1-2-27(31)24-8-7-22-18-21(20-3-4-20)5-6-23(22)19-24/h5-12,18-20H,1-4,13-17H2,(H2,30,32). The lowest BCUT2D eigenvalue weighted by molar-refractivity contribution is -0.122. The molecule has 0 aromatic heterocycles. The van der Waals surface area contributed by atoms with Gasteiger partial charge in [0.2, 0.25) is 5.91 Å². The number of carbonyl (C=O) groups excluding carboxylic acids is 2. The Kier molecular flexibility index (Phi) is 7.05. The van der Waals surface area contributed by atoms with E-state index in [4.69, 9.17) is 15.2 Å². The van der Waals surface area contributed by atoms with Crippen molar-refractivity contribution in [3.05, 3.63) is 71.8 Å². The minimum atomic E-state index is -3.98. The van der Waals surface area contributed by atoms with Crippen LogP contribution in [0, 0.1) is 0 Å². The monoisotopic (exact) mass is 521 g/mol. The van der Waals surface area contributed by atoms with Crippen LogP contribution in [0.1, 0.15) is 60.4 Å². The van der Waals surface area contributed by atoms with Gasteiger partial charge in [-0.2, -0.15) is 0 Å². The highest BCUT2D eigenvalue weighted by molar-refractivity contribution is 7.93. The van der Waals surface area contributed by atoms with Gasteiger partial charge in [0.25, 0.3) is 0 Å². The Morgan fingerprint density at radius 2 is 1.62 bits per heavy atom. The second-order valence-electron chi connectivity index (χ2n) is 9.92. The molecule has 8 heteroatoms. The highest BCUT2D eigenvalue weighted by atomic mass is 32.2. The van der Waals surface area contributed by atoms with E-state index >= 15 is 0 Å². The average molecular weight is 522 g/mol. The number of benzene rings is 3. The topological polar surface area (TPSA) is 113 Å². The van der Waals surface area contributed by atoms with Crippen molar-refractivity contribution < 1.29 is 27.5 Å². The largest absolute Gasteiger partial charge is 0.494 e. The van der Waals surface area contributed by atoms with Crippen LogP contribution < -0.4 is 10.5 Å². The maximum atomic E-state index is 13.2. The SMILES string of the molecule is NC(=O)C1(S(=O)(=O)c2ccc(OCCCC(=O)c3ccc4cc(C5CC5)ccc4c3)cc2)CCOCC1. The predicted octanol–water partition coefficient (Wildman–Crippen LogP) is 4.57. The number of ketones is 1. The van der Waals surface area contributed by atoms with Crippen molar-refractivity contribution in [2.24, 2.45) is 5.73 Å². The summed E-state index contributed by atoms with van der Waals surface area (Å²) in [6, 6.07) is 18.3. The Morgan fingerprint density at radius 3 is 2.30 bits per heavy atom. The summed E-state index contributed by atoms with van der Waals surface area (Å²) in [5.41, 5.74) is 7.60. The number of carbonyl (C=O) groups is 2. The molecule has 0 atom stereocenters. The molecule has 1 aliphatic heterocycles. The molecule has 7 nitrogen and oxygen atoms in total. The van der Waals surface area contributed by atoms with Crippen molar-refractivity contribution in [1.29, 1.82) is 0 Å². The van der Waals surface area contributed by atoms with Gasteiger partial charge >= 0.3 is 0 Å². The van der Waals surface area contributed by atoms with Crippen molar-refractivity contribution >= 4 is 32.3 Å². The summed E-state index contributed by atoms with van der Waals surface area (Å²) in [6.07, 6.45) is 3.48.